The standard InChI is InChI=1S/C24H30IN6O4PS/c1-4-5-10-24(34-12-13-35-24)15-8-6-7-14(19(15)32)20(33)21-26-22-17(23(27-21)37-3)18(29-31(22)36-25)16-9-11-30(2)28-16/h9,11,14-15,36H,4-8,10,12-13H2,1-3H3. The maximum atomic E-state index is 13.8. The first-order valence-electron chi connectivity index (χ1n) is 12.5. The molecule has 1 saturated carbocycles. The fourth-order valence-corrected chi connectivity index (χ4v) is 7.30. The Hall–Kier alpha value is -1.47. The molecule has 10 nitrogen and oxygen atoms in total. The fourth-order valence-electron chi connectivity index (χ4n) is 5.34. The number of unbranched alkanes of at least 4 members (excludes halogenated alkanes) is 1. The summed E-state index contributed by atoms with van der Waals surface area (Å²) in [6, 6.07) is 1.90. The lowest BCUT2D eigenvalue weighted by Crippen LogP contribution is -2.49. The van der Waals surface area contributed by atoms with Crippen LogP contribution in [0.15, 0.2) is 17.3 Å². The maximum Gasteiger partial charge on any atom is 0.210 e. The summed E-state index contributed by atoms with van der Waals surface area (Å²) in [7, 11) is 1.86. The Morgan fingerprint density at radius 2 is 2.05 bits per heavy atom. The molecule has 1 saturated heterocycles. The maximum absolute atomic E-state index is 13.8. The number of aryl methyl sites for hydroxylation is 1. The third-order valence-electron chi connectivity index (χ3n) is 7.12. The van der Waals surface area contributed by atoms with Gasteiger partial charge < -0.3 is 9.47 Å². The summed E-state index contributed by atoms with van der Waals surface area (Å²) < 4.78 is 15.6. The van der Waals surface area contributed by atoms with E-state index in [4.69, 9.17) is 14.6 Å². The Bertz CT molecular complexity index is 1320. The summed E-state index contributed by atoms with van der Waals surface area (Å²) in [6.45, 7) is 3.06. The first-order valence-corrected chi connectivity index (χ1v) is 17.8. The smallest absolute Gasteiger partial charge is 0.210 e. The number of ketones is 2. The number of hydrogen-bond acceptors (Lipinski definition) is 9. The van der Waals surface area contributed by atoms with Crippen LogP contribution in [0.4, 0.5) is 0 Å². The lowest BCUT2D eigenvalue weighted by Gasteiger charge is -2.38. The van der Waals surface area contributed by atoms with Crippen LogP contribution in [0.5, 0.6) is 0 Å². The zero-order valence-electron chi connectivity index (χ0n) is 21.1. The van der Waals surface area contributed by atoms with Gasteiger partial charge in [-0.25, -0.2) is 14.4 Å². The zero-order valence-corrected chi connectivity index (χ0v) is 25.0. The van der Waals surface area contributed by atoms with Crippen molar-refractivity contribution in [2.24, 2.45) is 18.9 Å². The first-order chi connectivity index (χ1) is 17.9. The molecular weight excluding hydrogens is 626 g/mol. The van der Waals surface area contributed by atoms with Crippen LogP contribution in [0.2, 0.25) is 0 Å². The predicted molar refractivity (Wildman–Crippen MR) is 151 cm³/mol. The first kappa shape index (κ1) is 27.1. The van der Waals surface area contributed by atoms with Crippen LogP contribution in [-0.4, -0.2) is 66.1 Å². The number of Topliss-reactive ketones (excluding diaryl/α,β-unsaturated/α-hetero) is 2. The van der Waals surface area contributed by atoms with E-state index in [-0.39, 0.29) is 23.8 Å². The molecule has 3 atom stereocenters. The highest BCUT2D eigenvalue weighted by Crippen LogP contribution is 2.43. The Balaban J connectivity index is 1.51. The van der Waals surface area contributed by atoms with Crippen LogP contribution in [0.3, 0.4) is 0 Å². The lowest BCUT2D eigenvalue weighted by atomic mass is 9.73. The minimum Gasteiger partial charge on any atom is -0.347 e. The summed E-state index contributed by atoms with van der Waals surface area (Å²) in [6.07, 6.45) is 8.49. The average Bonchev–Trinajstić information content (AvgIpc) is 3.65. The van der Waals surface area contributed by atoms with E-state index < -0.39 is 17.6 Å². The molecule has 2 aliphatic rings. The highest BCUT2D eigenvalue weighted by Gasteiger charge is 2.51. The molecule has 0 amide bonds. The Morgan fingerprint density at radius 1 is 1.27 bits per heavy atom. The van der Waals surface area contributed by atoms with Gasteiger partial charge in [0, 0.05) is 19.7 Å². The number of aromatic nitrogens is 6. The SMILES string of the molecule is CCCCC1(C2CCCC(C(=O)c3nc(SC)c4c(-c5ccn(C)n5)nn(PI)c4n3)C2=O)OCCO1. The molecule has 1 aliphatic heterocycles. The number of carbonyl (C=O) groups is 2. The Labute approximate surface area is 234 Å². The average molecular weight is 656 g/mol. The molecule has 0 bridgehead atoms. The number of halogens is 1. The molecule has 37 heavy (non-hydrogen) atoms. The van der Waals surface area contributed by atoms with Crippen LogP contribution >= 0.6 is 40.2 Å². The number of ether oxygens (including phenoxy) is 2. The molecule has 5 rings (SSSR count). The quantitative estimate of drug-likeness (QED) is 0.0798. The van der Waals surface area contributed by atoms with Crippen molar-refractivity contribution in [2.45, 2.75) is 56.3 Å². The third kappa shape index (κ3) is 4.99. The highest BCUT2D eigenvalue weighted by molar-refractivity contribution is 14.2. The molecule has 4 heterocycles. The van der Waals surface area contributed by atoms with Crippen molar-refractivity contribution in [3.05, 3.63) is 18.1 Å². The number of nitrogens with zero attached hydrogens (tertiary/aromatic N) is 6. The molecule has 0 aromatic carbocycles. The predicted octanol–water partition coefficient (Wildman–Crippen LogP) is 4.84. The third-order valence-corrected chi connectivity index (χ3v) is 9.64. The number of thioether (sulfide) groups is 1. The van der Waals surface area contributed by atoms with E-state index >= 15 is 0 Å². The van der Waals surface area contributed by atoms with E-state index in [1.54, 1.807) is 9.13 Å². The van der Waals surface area contributed by atoms with E-state index in [1.165, 1.54) is 11.8 Å². The topological polar surface area (TPSA) is 114 Å². The normalized spacial score (nSPS) is 22.0. The molecule has 13 heteroatoms. The van der Waals surface area contributed by atoms with Gasteiger partial charge in [-0.3, -0.25) is 14.3 Å². The lowest BCUT2D eigenvalue weighted by molar-refractivity contribution is -0.206. The highest BCUT2D eigenvalue weighted by atomic mass is 127. The minimum absolute atomic E-state index is 0.0649. The number of carbonyl (C=O) groups excluding carboxylic acids is 2. The summed E-state index contributed by atoms with van der Waals surface area (Å²) in [5.41, 5.74) is 1.99. The molecule has 0 N–H and O–H groups in total. The zero-order chi connectivity index (χ0) is 26.2. The van der Waals surface area contributed by atoms with Gasteiger partial charge in [-0.1, -0.05) is 19.8 Å². The van der Waals surface area contributed by atoms with Gasteiger partial charge in [0.25, 0.3) is 0 Å². The minimum atomic E-state index is -0.917. The van der Waals surface area contributed by atoms with Crippen LogP contribution in [0.25, 0.3) is 22.4 Å². The molecule has 3 aromatic heterocycles. The van der Waals surface area contributed by atoms with E-state index in [9.17, 15) is 9.59 Å². The van der Waals surface area contributed by atoms with Crippen LogP contribution in [-0.2, 0) is 21.3 Å². The van der Waals surface area contributed by atoms with Crippen LogP contribution in [0, 0.1) is 11.8 Å². The van der Waals surface area contributed by atoms with Crippen LogP contribution in [0.1, 0.15) is 56.1 Å². The monoisotopic (exact) mass is 656 g/mol. The molecule has 0 spiro atoms. The van der Waals surface area contributed by atoms with Gasteiger partial charge in [-0.2, -0.15) is 10.2 Å². The van der Waals surface area contributed by atoms with E-state index in [0.717, 1.165) is 30.3 Å². The Morgan fingerprint density at radius 3 is 2.70 bits per heavy atom. The van der Waals surface area contributed by atoms with Gasteiger partial charge >= 0.3 is 0 Å². The second kappa shape index (κ2) is 11.3. The largest absolute Gasteiger partial charge is 0.347 e. The summed E-state index contributed by atoms with van der Waals surface area (Å²) in [4.78, 5) is 36.9. The molecule has 1 aliphatic carbocycles. The molecule has 3 aromatic rings. The second-order valence-corrected chi connectivity index (χ2v) is 12.2. The molecule has 0 radical (unpaired) electrons. The molecule has 2 fully saturated rings. The fraction of sp³-hybridized carbons (Fsp3) is 0.583. The molecular formula is C24H30IN6O4PS. The van der Waals surface area contributed by atoms with Crippen molar-refractivity contribution in [1.29, 1.82) is 0 Å². The van der Waals surface area contributed by atoms with Crippen molar-refractivity contribution in [1.82, 2.24) is 29.3 Å². The van der Waals surface area contributed by atoms with Gasteiger partial charge in [-0.15, -0.1) is 11.8 Å². The van der Waals surface area contributed by atoms with Crippen LogP contribution < -0.4 is 0 Å². The van der Waals surface area contributed by atoms with Crippen molar-refractivity contribution < 1.29 is 19.1 Å². The van der Waals surface area contributed by atoms with E-state index in [2.05, 4.69) is 44.0 Å². The summed E-state index contributed by atoms with van der Waals surface area (Å²) in [5.74, 6) is -2.55. The van der Waals surface area contributed by atoms with Gasteiger partial charge in [0.1, 0.15) is 16.4 Å². The van der Waals surface area contributed by atoms with Gasteiger partial charge in [0.2, 0.25) is 5.78 Å². The van der Waals surface area contributed by atoms with Gasteiger partial charge in [-0.05, 0) is 53.6 Å². The molecule has 3 unspecified atom stereocenters. The van der Waals surface area contributed by atoms with E-state index in [1.807, 2.05) is 25.6 Å². The van der Waals surface area contributed by atoms with Crippen molar-refractivity contribution in [2.75, 3.05) is 19.5 Å². The van der Waals surface area contributed by atoms with Gasteiger partial charge in [0.15, 0.2) is 23.0 Å². The van der Waals surface area contributed by atoms with Gasteiger partial charge in [0.05, 0.1) is 36.8 Å². The number of fused-ring (bicyclic) bond motifs is 1. The van der Waals surface area contributed by atoms with Crippen molar-refractivity contribution in [3.63, 3.8) is 0 Å². The second-order valence-electron chi connectivity index (χ2n) is 9.39. The molecule has 198 valence electrons. The van der Waals surface area contributed by atoms with Crippen molar-refractivity contribution in [3.8, 4) is 11.4 Å². The van der Waals surface area contributed by atoms with Crippen molar-refractivity contribution >= 4 is 62.8 Å². The number of hydrogen-bond donors (Lipinski definition) is 0. The number of rotatable bonds is 9. The Kier molecular flexibility index (Phi) is 8.30. The van der Waals surface area contributed by atoms with E-state index in [0.29, 0.717) is 48.8 Å². The summed E-state index contributed by atoms with van der Waals surface area (Å²) in [5, 5.41) is 10.7. The summed E-state index contributed by atoms with van der Waals surface area (Å²) >= 11 is 3.67.